The number of piperazine rings is 1. The summed E-state index contributed by atoms with van der Waals surface area (Å²) in [7, 11) is 2.06. The minimum Gasteiger partial charge on any atom is -0.508 e. The summed E-state index contributed by atoms with van der Waals surface area (Å²) < 4.78 is 0. The third-order valence-corrected chi connectivity index (χ3v) is 6.26. The van der Waals surface area contributed by atoms with Gasteiger partial charge in [-0.1, -0.05) is 43.1 Å². The highest BCUT2D eigenvalue weighted by molar-refractivity contribution is 5.99. The van der Waals surface area contributed by atoms with E-state index in [9.17, 15) is 15.0 Å². The predicted molar refractivity (Wildman–Crippen MR) is 133 cm³/mol. The monoisotopic (exact) mass is 442 g/mol. The van der Waals surface area contributed by atoms with Crippen LogP contribution in [0.3, 0.4) is 0 Å². The second-order valence-electron chi connectivity index (χ2n) is 9.38. The number of unbranched alkanes of at least 4 members (excludes halogenated alkanes) is 2. The van der Waals surface area contributed by atoms with Gasteiger partial charge in [0.25, 0.3) is 5.91 Å². The molecule has 0 saturated carbocycles. The number of carbonyl (C=O) groups is 1. The summed E-state index contributed by atoms with van der Waals surface area (Å²) in [6.07, 6.45) is 10.3. The Balaban J connectivity index is 2.31. The average Bonchev–Trinajstić information content (AvgIpc) is 2.73. The first-order valence-corrected chi connectivity index (χ1v) is 12.1. The number of hydrogen-bond acceptors (Lipinski definition) is 4. The standard InChI is InChI=1S/C27H42N2O3/c1-6-7-8-12-22-19-24(30)23(14-13-21(4)11-9-10-20(2)3)26(31)25(22)27(32)29-17-15-28(5)16-18-29/h10,13,19,30-31H,6-9,11-12,14-18H2,1-5H3. The van der Waals surface area contributed by atoms with Crippen molar-refractivity contribution < 1.29 is 15.0 Å². The van der Waals surface area contributed by atoms with E-state index >= 15 is 0 Å². The first-order valence-electron chi connectivity index (χ1n) is 12.1. The summed E-state index contributed by atoms with van der Waals surface area (Å²) in [5.74, 6) is -0.0846. The largest absolute Gasteiger partial charge is 0.508 e. The Morgan fingerprint density at radius 2 is 1.75 bits per heavy atom. The number of likely N-dealkylation sites (N-methyl/N-ethyl adjacent to an activating group) is 1. The normalized spacial score (nSPS) is 15.2. The van der Waals surface area contributed by atoms with Crippen LogP contribution >= 0.6 is 0 Å². The van der Waals surface area contributed by atoms with E-state index in [4.69, 9.17) is 0 Å². The fourth-order valence-electron chi connectivity index (χ4n) is 4.09. The van der Waals surface area contributed by atoms with Gasteiger partial charge in [-0.05, 0) is 71.6 Å². The van der Waals surface area contributed by atoms with Crippen LogP contribution in [0.4, 0.5) is 0 Å². The summed E-state index contributed by atoms with van der Waals surface area (Å²) in [5, 5.41) is 21.9. The molecular weight excluding hydrogens is 400 g/mol. The molecule has 1 saturated heterocycles. The number of rotatable bonds is 10. The molecule has 1 amide bonds. The smallest absolute Gasteiger partial charge is 0.257 e. The summed E-state index contributed by atoms with van der Waals surface area (Å²) in [6, 6.07) is 1.71. The van der Waals surface area contributed by atoms with Crippen molar-refractivity contribution in [2.75, 3.05) is 33.2 Å². The van der Waals surface area contributed by atoms with Crippen LogP contribution in [0.1, 0.15) is 81.3 Å². The molecule has 1 fully saturated rings. The number of phenolic OH excluding ortho intramolecular Hbond substituents is 2. The van der Waals surface area contributed by atoms with E-state index < -0.39 is 0 Å². The maximum Gasteiger partial charge on any atom is 0.257 e. The van der Waals surface area contributed by atoms with E-state index in [1.54, 1.807) is 6.07 Å². The molecule has 0 aromatic heterocycles. The van der Waals surface area contributed by atoms with Crippen LogP contribution in [0.25, 0.3) is 0 Å². The zero-order valence-corrected chi connectivity index (χ0v) is 20.7. The predicted octanol–water partition coefficient (Wildman–Crippen LogP) is 5.45. The van der Waals surface area contributed by atoms with Crippen molar-refractivity contribution in [3.8, 4) is 11.5 Å². The Labute approximate surface area is 194 Å². The summed E-state index contributed by atoms with van der Waals surface area (Å²) >= 11 is 0. The molecule has 1 aliphatic heterocycles. The first kappa shape index (κ1) is 26.0. The topological polar surface area (TPSA) is 64.0 Å². The molecule has 1 aromatic carbocycles. The molecular formula is C27H42N2O3. The summed E-state index contributed by atoms with van der Waals surface area (Å²) in [6.45, 7) is 11.4. The van der Waals surface area contributed by atoms with Gasteiger partial charge in [0.1, 0.15) is 11.5 Å². The van der Waals surface area contributed by atoms with E-state index in [0.717, 1.165) is 50.8 Å². The van der Waals surface area contributed by atoms with Gasteiger partial charge in [0.15, 0.2) is 0 Å². The highest BCUT2D eigenvalue weighted by atomic mass is 16.3. The molecule has 2 N–H and O–H groups in total. The van der Waals surface area contributed by atoms with Crippen molar-refractivity contribution >= 4 is 5.91 Å². The summed E-state index contributed by atoms with van der Waals surface area (Å²) in [4.78, 5) is 17.5. The Morgan fingerprint density at radius 3 is 2.38 bits per heavy atom. The molecule has 1 aromatic rings. The second kappa shape index (κ2) is 12.7. The van der Waals surface area contributed by atoms with Gasteiger partial charge >= 0.3 is 0 Å². The lowest BCUT2D eigenvalue weighted by molar-refractivity contribution is 0.0659. The van der Waals surface area contributed by atoms with Crippen molar-refractivity contribution in [2.24, 2.45) is 0 Å². The maximum absolute atomic E-state index is 13.4. The zero-order chi connectivity index (χ0) is 23.7. The number of nitrogens with zero attached hydrogens (tertiary/aromatic N) is 2. The SMILES string of the molecule is CCCCCc1cc(O)c(CC=C(C)CCC=C(C)C)c(O)c1C(=O)N1CCN(C)CC1. The van der Waals surface area contributed by atoms with E-state index in [1.165, 1.54) is 11.1 Å². The lowest BCUT2D eigenvalue weighted by Gasteiger charge is -2.33. The molecule has 0 aliphatic carbocycles. The van der Waals surface area contributed by atoms with Crippen molar-refractivity contribution in [3.05, 3.63) is 46.1 Å². The Morgan fingerprint density at radius 1 is 1.06 bits per heavy atom. The minimum absolute atomic E-state index is 0.0474. The second-order valence-corrected chi connectivity index (χ2v) is 9.38. The Bertz CT molecular complexity index is 830. The summed E-state index contributed by atoms with van der Waals surface area (Å²) in [5.41, 5.74) is 4.10. The number of aryl methyl sites for hydroxylation is 1. The number of phenols is 2. The van der Waals surface area contributed by atoms with E-state index in [2.05, 4.69) is 51.8 Å². The van der Waals surface area contributed by atoms with Crippen LogP contribution in [0.2, 0.25) is 0 Å². The Kier molecular flexibility index (Phi) is 10.3. The number of aromatic hydroxyl groups is 2. The molecule has 0 radical (unpaired) electrons. The minimum atomic E-state index is -0.118. The highest BCUT2D eigenvalue weighted by Gasteiger charge is 2.27. The maximum atomic E-state index is 13.4. The molecule has 32 heavy (non-hydrogen) atoms. The molecule has 0 spiro atoms. The zero-order valence-electron chi connectivity index (χ0n) is 20.7. The average molecular weight is 443 g/mol. The fraction of sp³-hybridized carbons (Fsp3) is 0.593. The van der Waals surface area contributed by atoms with Crippen LogP contribution in [0, 0.1) is 0 Å². The van der Waals surface area contributed by atoms with Crippen LogP contribution in [-0.2, 0) is 12.8 Å². The number of carbonyl (C=O) groups excluding carboxylic acids is 1. The number of allylic oxidation sites excluding steroid dienone is 4. The molecule has 1 aliphatic rings. The molecule has 0 atom stereocenters. The van der Waals surface area contributed by atoms with Gasteiger partial charge in [0.05, 0.1) is 5.56 Å². The first-order chi connectivity index (χ1) is 15.2. The van der Waals surface area contributed by atoms with E-state index in [1.807, 2.05) is 4.90 Å². The molecule has 1 heterocycles. The van der Waals surface area contributed by atoms with Crippen LogP contribution in [-0.4, -0.2) is 59.1 Å². The molecule has 5 nitrogen and oxygen atoms in total. The lowest BCUT2D eigenvalue weighted by atomic mass is 9.93. The van der Waals surface area contributed by atoms with Gasteiger partial charge < -0.3 is 20.0 Å². The Hall–Kier alpha value is -2.27. The highest BCUT2D eigenvalue weighted by Crippen LogP contribution is 2.36. The van der Waals surface area contributed by atoms with Crippen LogP contribution in [0.15, 0.2) is 29.4 Å². The molecule has 0 unspecified atom stereocenters. The van der Waals surface area contributed by atoms with E-state index in [0.29, 0.717) is 37.1 Å². The molecule has 0 bridgehead atoms. The van der Waals surface area contributed by atoms with Crippen molar-refractivity contribution in [3.63, 3.8) is 0 Å². The van der Waals surface area contributed by atoms with Crippen molar-refractivity contribution in [1.82, 2.24) is 9.80 Å². The van der Waals surface area contributed by atoms with Crippen molar-refractivity contribution in [2.45, 2.75) is 72.6 Å². The number of benzene rings is 1. The fourth-order valence-corrected chi connectivity index (χ4v) is 4.09. The number of hydrogen-bond donors (Lipinski definition) is 2. The van der Waals surface area contributed by atoms with Gasteiger partial charge in [0, 0.05) is 31.7 Å². The van der Waals surface area contributed by atoms with Gasteiger partial charge in [-0.15, -0.1) is 0 Å². The van der Waals surface area contributed by atoms with Gasteiger partial charge in [0.2, 0.25) is 0 Å². The van der Waals surface area contributed by atoms with Crippen LogP contribution < -0.4 is 0 Å². The lowest BCUT2D eigenvalue weighted by Crippen LogP contribution is -2.47. The van der Waals surface area contributed by atoms with E-state index in [-0.39, 0.29) is 17.4 Å². The van der Waals surface area contributed by atoms with Crippen molar-refractivity contribution in [1.29, 1.82) is 0 Å². The molecule has 178 valence electrons. The van der Waals surface area contributed by atoms with Gasteiger partial charge in [-0.3, -0.25) is 4.79 Å². The number of amides is 1. The van der Waals surface area contributed by atoms with Gasteiger partial charge in [-0.2, -0.15) is 0 Å². The van der Waals surface area contributed by atoms with Gasteiger partial charge in [-0.25, -0.2) is 0 Å². The molecule has 5 heteroatoms. The third kappa shape index (κ3) is 7.40. The van der Waals surface area contributed by atoms with Crippen LogP contribution in [0.5, 0.6) is 11.5 Å². The quantitative estimate of drug-likeness (QED) is 0.373. The third-order valence-electron chi connectivity index (χ3n) is 6.26. The molecule has 2 rings (SSSR count).